The first-order valence-corrected chi connectivity index (χ1v) is 9.23. The molecule has 132 valence electrons. The van der Waals surface area contributed by atoms with Gasteiger partial charge in [-0.1, -0.05) is 30.0 Å². The van der Waals surface area contributed by atoms with Crippen LogP contribution in [-0.2, 0) is 19.1 Å². The summed E-state index contributed by atoms with van der Waals surface area (Å²) in [5.41, 5.74) is 3.13. The number of thioether (sulfide) groups is 1. The highest BCUT2D eigenvalue weighted by Gasteiger charge is 2.55. The van der Waals surface area contributed by atoms with E-state index in [0.29, 0.717) is 11.4 Å². The Morgan fingerprint density at radius 2 is 2.00 bits per heavy atom. The fourth-order valence-electron chi connectivity index (χ4n) is 3.41. The summed E-state index contributed by atoms with van der Waals surface area (Å²) in [4.78, 5) is 27.2. The number of ether oxygens (including phenoxy) is 1. The van der Waals surface area contributed by atoms with Crippen molar-refractivity contribution in [1.29, 1.82) is 0 Å². The van der Waals surface area contributed by atoms with E-state index in [4.69, 9.17) is 4.74 Å². The molecule has 2 aromatic heterocycles. The number of hydrogen-bond acceptors (Lipinski definition) is 4. The Bertz CT molecular complexity index is 1030. The second-order valence-electron chi connectivity index (χ2n) is 6.13. The minimum Gasteiger partial charge on any atom is -0.464 e. The highest BCUT2D eigenvalue weighted by molar-refractivity contribution is 8.02. The quantitative estimate of drug-likeness (QED) is 0.566. The molecule has 0 spiro atoms. The number of amides is 1. The van der Waals surface area contributed by atoms with Gasteiger partial charge in [0, 0.05) is 16.6 Å². The summed E-state index contributed by atoms with van der Waals surface area (Å²) in [5.74, 6) is -0.935. The number of carbonyl (C=O) groups is 2. The van der Waals surface area contributed by atoms with Crippen LogP contribution in [-0.4, -0.2) is 22.9 Å². The number of esters is 1. The first kappa shape index (κ1) is 16.7. The van der Waals surface area contributed by atoms with Crippen LogP contribution in [0.25, 0.3) is 5.52 Å². The van der Waals surface area contributed by atoms with Gasteiger partial charge in [-0.25, -0.2) is 4.79 Å². The Labute approximate surface area is 155 Å². The molecule has 26 heavy (non-hydrogen) atoms. The molecular weight excluding hydrogens is 348 g/mol. The highest BCUT2D eigenvalue weighted by atomic mass is 32.2. The van der Waals surface area contributed by atoms with Crippen LogP contribution in [0.5, 0.6) is 0 Å². The molecule has 3 aromatic rings. The Balaban J connectivity index is 2.00. The number of fused-ring (bicyclic) bond motifs is 2. The SMILES string of the molecule is CCOC(=O)[C@]1(c2c(C)cc3ccccn23)Sc2ccccc2NC1=O. The molecule has 3 heterocycles. The largest absolute Gasteiger partial charge is 0.464 e. The van der Waals surface area contributed by atoms with E-state index in [1.54, 1.807) is 6.92 Å². The average Bonchev–Trinajstić information content (AvgIpc) is 2.97. The number of nitrogens with zero attached hydrogens (tertiary/aromatic N) is 1. The fourth-order valence-corrected chi connectivity index (χ4v) is 4.75. The maximum atomic E-state index is 13.2. The summed E-state index contributed by atoms with van der Waals surface area (Å²) in [5, 5.41) is 2.90. The molecule has 5 nitrogen and oxygen atoms in total. The number of aromatic nitrogens is 1. The second kappa shape index (κ2) is 6.21. The molecule has 1 aromatic carbocycles. The van der Waals surface area contributed by atoms with Crippen LogP contribution in [0.3, 0.4) is 0 Å². The topological polar surface area (TPSA) is 59.8 Å². The van der Waals surface area contributed by atoms with Crippen molar-refractivity contribution in [2.24, 2.45) is 0 Å². The minimum atomic E-state index is -1.50. The van der Waals surface area contributed by atoms with Gasteiger partial charge in [-0.3, -0.25) is 4.79 Å². The summed E-state index contributed by atoms with van der Waals surface area (Å²) >= 11 is 1.24. The maximum absolute atomic E-state index is 13.2. The zero-order chi connectivity index (χ0) is 18.3. The van der Waals surface area contributed by atoms with Gasteiger partial charge in [0.25, 0.3) is 5.91 Å². The minimum absolute atomic E-state index is 0.207. The molecule has 6 heteroatoms. The van der Waals surface area contributed by atoms with Crippen LogP contribution >= 0.6 is 11.8 Å². The third-order valence-corrected chi connectivity index (χ3v) is 5.91. The van der Waals surface area contributed by atoms with Gasteiger partial charge in [-0.05, 0) is 49.7 Å². The Morgan fingerprint density at radius 3 is 2.81 bits per heavy atom. The molecule has 0 fully saturated rings. The smallest absolute Gasteiger partial charge is 0.338 e. The molecule has 4 rings (SSSR count). The Hall–Kier alpha value is -2.73. The third kappa shape index (κ3) is 2.33. The third-order valence-electron chi connectivity index (χ3n) is 4.48. The molecule has 1 aliphatic rings. The average molecular weight is 366 g/mol. The number of pyridine rings is 1. The first-order chi connectivity index (χ1) is 12.6. The molecule has 0 radical (unpaired) electrons. The number of hydrogen-bond donors (Lipinski definition) is 1. The number of para-hydroxylation sites is 1. The number of carbonyl (C=O) groups excluding carboxylic acids is 2. The molecule has 1 aliphatic heterocycles. The van der Waals surface area contributed by atoms with Gasteiger partial charge >= 0.3 is 5.97 Å². The van der Waals surface area contributed by atoms with Crippen LogP contribution in [0.2, 0.25) is 0 Å². The van der Waals surface area contributed by atoms with Gasteiger partial charge in [-0.2, -0.15) is 0 Å². The van der Waals surface area contributed by atoms with Crippen LogP contribution in [0.4, 0.5) is 5.69 Å². The molecule has 0 saturated heterocycles. The molecular formula is C20H18N2O3S. The Morgan fingerprint density at radius 1 is 1.23 bits per heavy atom. The lowest BCUT2D eigenvalue weighted by atomic mass is 9.99. The molecule has 1 amide bonds. The van der Waals surface area contributed by atoms with Gasteiger partial charge < -0.3 is 14.5 Å². The maximum Gasteiger partial charge on any atom is 0.338 e. The van der Waals surface area contributed by atoms with Gasteiger partial charge in [0.15, 0.2) is 0 Å². The lowest BCUT2D eigenvalue weighted by Gasteiger charge is -2.34. The van der Waals surface area contributed by atoms with Crippen molar-refractivity contribution < 1.29 is 14.3 Å². The van der Waals surface area contributed by atoms with E-state index >= 15 is 0 Å². The van der Waals surface area contributed by atoms with E-state index in [9.17, 15) is 9.59 Å². The Kier molecular flexibility index (Phi) is 4.00. The summed E-state index contributed by atoms with van der Waals surface area (Å²) in [7, 11) is 0. The molecule has 0 bridgehead atoms. The molecule has 0 saturated carbocycles. The van der Waals surface area contributed by atoms with E-state index in [0.717, 1.165) is 16.0 Å². The molecule has 1 N–H and O–H groups in total. The lowest BCUT2D eigenvalue weighted by Crippen LogP contribution is -2.48. The molecule has 0 aliphatic carbocycles. The monoisotopic (exact) mass is 366 g/mol. The van der Waals surface area contributed by atoms with E-state index in [-0.39, 0.29) is 12.5 Å². The van der Waals surface area contributed by atoms with Gasteiger partial charge in [-0.15, -0.1) is 0 Å². The number of aryl methyl sites for hydroxylation is 1. The normalized spacial score (nSPS) is 19.1. The standard InChI is InChI=1S/C20H18N2O3S/c1-3-25-19(24)20(17-13(2)12-14-8-6-7-11-22(14)17)18(23)21-15-9-4-5-10-16(15)26-20/h4-12H,3H2,1-2H3,(H,21,23)/t20-/m1/s1. The number of anilines is 1. The summed E-state index contributed by atoms with van der Waals surface area (Å²) in [6, 6.07) is 15.2. The second-order valence-corrected chi connectivity index (χ2v) is 7.38. The predicted octanol–water partition coefficient (Wildman–Crippen LogP) is 3.75. The van der Waals surface area contributed by atoms with Crippen LogP contribution in [0.1, 0.15) is 18.2 Å². The van der Waals surface area contributed by atoms with Crippen molar-refractivity contribution >= 4 is 34.8 Å². The number of rotatable bonds is 3. The lowest BCUT2D eigenvalue weighted by molar-refractivity contribution is -0.149. The van der Waals surface area contributed by atoms with Crippen molar-refractivity contribution in [3.8, 4) is 0 Å². The number of nitrogens with one attached hydrogen (secondary N) is 1. The van der Waals surface area contributed by atoms with Crippen LogP contribution in [0, 0.1) is 6.92 Å². The van der Waals surface area contributed by atoms with Crippen molar-refractivity contribution in [3.05, 3.63) is 66.0 Å². The summed E-state index contributed by atoms with van der Waals surface area (Å²) in [6.45, 7) is 3.87. The summed E-state index contributed by atoms with van der Waals surface area (Å²) in [6.07, 6.45) is 1.87. The van der Waals surface area contributed by atoms with Crippen molar-refractivity contribution in [2.45, 2.75) is 23.5 Å². The van der Waals surface area contributed by atoms with Gasteiger partial charge in [0.05, 0.1) is 18.0 Å². The van der Waals surface area contributed by atoms with Crippen molar-refractivity contribution in [3.63, 3.8) is 0 Å². The molecule has 1 atom stereocenters. The number of benzene rings is 1. The van der Waals surface area contributed by atoms with E-state index in [1.807, 2.05) is 66.1 Å². The van der Waals surface area contributed by atoms with Crippen molar-refractivity contribution in [1.82, 2.24) is 4.40 Å². The summed E-state index contributed by atoms with van der Waals surface area (Å²) < 4.78 is 5.76. The van der Waals surface area contributed by atoms with Gasteiger partial charge in [0.2, 0.25) is 4.75 Å². The molecule has 0 unspecified atom stereocenters. The predicted molar refractivity (Wildman–Crippen MR) is 101 cm³/mol. The van der Waals surface area contributed by atoms with E-state index < -0.39 is 10.7 Å². The van der Waals surface area contributed by atoms with Crippen LogP contribution < -0.4 is 5.32 Å². The van der Waals surface area contributed by atoms with E-state index in [1.165, 1.54) is 11.8 Å². The zero-order valence-electron chi connectivity index (χ0n) is 14.5. The first-order valence-electron chi connectivity index (χ1n) is 8.42. The van der Waals surface area contributed by atoms with E-state index in [2.05, 4.69) is 5.32 Å². The fraction of sp³-hybridized carbons (Fsp3) is 0.200. The highest BCUT2D eigenvalue weighted by Crippen LogP contribution is 2.50. The van der Waals surface area contributed by atoms with Crippen molar-refractivity contribution in [2.75, 3.05) is 11.9 Å². The van der Waals surface area contributed by atoms with Gasteiger partial charge in [0.1, 0.15) is 0 Å². The van der Waals surface area contributed by atoms with Crippen LogP contribution in [0.15, 0.2) is 59.6 Å². The zero-order valence-corrected chi connectivity index (χ0v) is 15.3.